The summed E-state index contributed by atoms with van der Waals surface area (Å²) in [7, 11) is 1.62. The Bertz CT molecular complexity index is 304. The normalized spacial score (nSPS) is 21.1. The molecular weight excluding hydrogens is 224 g/mol. The lowest BCUT2D eigenvalue weighted by atomic mass is 10.1. The first kappa shape index (κ1) is 13.8. The average molecular weight is 244 g/mol. The highest BCUT2D eigenvalue weighted by atomic mass is 16.5. The SMILES string of the molecule is COC1CCCN(C(=O)NC(C)(C)C(=O)O)C1. The van der Waals surface area contributed by atoms with Gasteiger partial charge in [0, 0.05) is 20.2 Å². The number of carboxylic acids is 1. The molecule has 0 radical (unpaired) electrons. The number of methoxy groups -OCH3 is 1. The first-order valence-electron chi connectivity index (χ1n) is 5.70. The molecule has 1 aliphatic rings. The number of likely N-dealkylation sites (tertiary alicyclic amines) is 1. The second kappa shape index (κ2) is 5.35. The van der Waals surface area contributed by atoms with Crippen LogP contribution in [0.15, 0.2) is 0 Å². The molecule has 0 aromatic carbocycles. The quantitative estimate of drug-likeness (QED) is 0.764. The van der Waals surface area contributed by atoms with E-state index >= 15 is 0 Å². The summed E-state index contributed by atoms with van der Waals surface area (Å²) in [6.07, 6.45) is 1.85. The molecular formula is C11H20N2O4. The molecule has 0 aliphatic carbocycles. The molecule has 0 spiro atoms. The van der Waals surface area contributed by atoms with E-state index in [9.17, 15) is 9.59 Å². The highest BCUT2D eigenvalue weighted by molar-refractivity contribution is 5.85. The van der Waals surface area contributed by atoms with Crippen molar-refractivity contribution < 1.29 is 19.4 Å². The average Bonchev–Trinajstić information content (AvgIpc) is 2.28. The van der Waals surface area contributed by atoms with Crippen molar-refractivity contribution in [2.24, 2.45) is 0 Å². The van der Waals surface area contributed by atoms with Crippen molar-refractivity contribution >= 4 is 12.0 Å². The summed E-state index contributed by atoms with van der Waals surface area (Å²) in [6.45, 7) is 4.08. The Morgan fingerprint density at radius 1 is 1.47 bits per heavy atom. The van der Waals surface area contributed by atoms with E-state index in [1.54, 1.807) is 12.0 Å². The largest absolute Gasteiger partial charge is 0.480 e. The van der Waals surface area contributed by atoms with Gasteiger partial charge in [-0.25, -0.2) is 9.59 Å². The van der Waals surface area contributed by atoms with E-state index in [1.807, 2.05) is 0 Å². The number of urea groups is 1. The zero-order chi connectivity index (χ0) is 13.1. The Morgan fingerprint density at radius 3 is 2.65 bits per heavy atom. The van der Waals surface area contributed by atoms with Gasteiger partial charge >= 0.3 is 12.0 Å². The molecule has 0 aromatic rings. The first-order chi connectivity index (χ1) is 7.86. The van der Waals surface area contributed by atoms with E-state index in [0.717, 1.165) is 12.8 Å². The predicted octanol–water partition coefficient (Wildman–Crippen LogP) is 0.670. The molecule has 2 N–H and O–H groups in total. The van der Waals surface area contributed by atoms with Gasteiger partial charge in [-0.1, -0.05) is 0 Å². The maximum Gasteiger partial charge on any atom is 0.328 e. The minimum Gasteiger partial charge on any atom is -0.480 e. The molecule has 0 bridgehead atoms. The number of carboxylic acid groups (broad SMARTS) is 1. The van der Waals surface area contributed by atoms with Gasteiger partial charge in [0.1, 0.15) is 5.54 Å². The maximum absolute atomic E-state index is 11.9. The Balaban J connectivity index is 2.55. The third-order valence-electron chi connectivity index (χ3n) is 2.95. The van der Waals surface area contributed by atoms with Crippen molar-refractivity contribution in [3.63, 3.8) is 0 Å². The summed E-state index contributed by atoms with van der Waals surface area (Å²) in [5.74, 6) is -1.05. The molecule has 1 rings (SSSR count). The van der Waals surface area contributed by atoms with E-state index in [2.05, 4.69) is 5.32 Å². The van der Waals surface area contributed by atoms with Crippen molar-refractivity contribution in [1.29, 1.82) is 0 Å². The van der Waals surface area contributed by atoms with Crippen LogP contribution in [0.3, 0.4) is 0 Å². The van der Waals surface area contributed by atoms with Gasteiger partial charge in [-0.05, 0) is 26.7 Å². The summed E-state index contributed by atoms with van der Waals surface area (Å²) >= 11 is 0. The van der Waals surface area contributed by atoms with Crippen LogP contribution >= 0.6 is 0 Å². The fourth-order valence-electron chi connectivity index (χ4n) is 1.71. The molecule has 1 unspecified atom stereocenters. The van der Waals surface area contributed by atoms with Crippen LogP contribution in [-0.2, 0) is 9.53 Å². The Labute approximate surface area is 101 Å². The Hall–Kier alpha value is -1.30. The van der Waals surface area contributed by atoms with Gasteiger partial charge < -0.3 is 20.1 Å². The molecule has 1 saturated heterocycles. The number of amides is 2. The monoisotopic (exact) mass is 244 g/mol. The molecule has 1 fully saturated rings. The molecule has 2 amide bonds. The lowest BCUT2D eigenvalue weighted by Crippen LogP contribution is -2.56. The van der Waals surface area contributed by atoms with E-state index in [1.165, 1.54) is 13.8 Å². The summed E-state index contributed by atoms with van der Waals surface area (Å²) in [6, 6.07) is -0.348. The number of carbonyl (C=O) groups excluding carboxylic acids is 1. The summed E-state index contributed by atoms with van der Waals surface area (Å²) in [5.41, 5.74) is -1.25. The number of aliphatic carboxylic acids is 1. The Morgan fingerprint density at radius 2 is 2.12 bits per heavy atom. The van der Waals surface area contributed by atoms with Gasteiger partial charge in [0.25, 0.3) is 0 Å². The van der Waals surface area contributed by atoms with Crippen LogP contribution in [0.2, 0.25) is 0 Å². The van der Waals surface area contributed by atoms with Crippen LogP contribution in [0.25, 0.3) is 0 Å². The van der Waals surface area contributed by atoms with Crippen molar-refractivity contribution in [1.82, 2.24) is 10.2 Å². The number of carbonyl (C=O) groups is 2. The smallest absolute Gasteiger partial charge is 0.328 e. The lowest BCUT2D eigenvalue weighted by Gasteiger charge is -2.34. The summed E-state index contributed by atoms with van der Waals surface area (Å²) < 4.78 is 5.21. The number of hydrogen-bond donors (Lipinski definition) is 2. The van der Waals surface area contributed by atoms with Gasteiger partial charge in [-0.2, -0.15) is 0 Å². The minimum absolute atomic E-state index is 0.0439. The van der Waals surface area contributed by atoms with Gasteiger partial charge in [0.15, 0.2) is 0 Å². The van der Waals surface area contributed by atoms with Crippen LogP contribution in [0.1, 0.15) is 26.7 Å². The molecule has 1 atom stereocenters. The Kier molecular flexibility index (Phi) is 4.34. The predicted molar refractivity (Wildman–Crippen MR) is 61.9 cm³/mol. The number of rotatable bonds is 3. The van der Waals surface area contributed by atoms with Crippen molar-refractivity contribution in [3.05, 3.63) is 0 Å². The number of hydrogen-bond acceptors (Lipinski definition) is 3. The van der Waals surface area contributed by atoms with Crippen LogP contribution in [0, 0.1) is 0 Å². The molecule has 6 nitrogen and oxygen atoms in total. The highest BCUT2D eigenvalue weighted by Gasteiger charge is 2.32. The molecule has 0 saturated carbocycles. The summed E-state index contributed by atoms with van der Waals surface area (Å²) in [4.78, 5) is 24.4. The molecule has 17 heavy (non-hydrogen) atoms. The third kappa shape index (κ3) is 3.59. The molecule has 6 heteroatoms. The van der Waals surface area contributed by atoms with Crippen molar-refractivity contribution in [2.75, 3.05) is 20.2 Å². The highest BCUT2D eigenvalue weighted by Crippen LogP contribution is 2.13. The van der Waals surface area contributed by atoms with E-state index < -0.39 is 11.5 Å². The topological polar surface area (TPSA) is 78.9 Å². The number of ether oxygens (including phenoxy) is 1. The summed E-state index contributed by atoms with van der Waals surface area (Å²) in [5, 5.41) is 11.4. The van der Waals surface area contributed by atoms with Gasteiger partial charge in [0.2, 0.25) is 0 Å². The van der Waals surface area contributed by atoms with Gasteiger partial charge in [-0.15, -0.1) is 0 Å². The van der Waals surface area contributed by atoms with Crippen LogP contribution in [-0.4, -0.2) is 53.8 Å². The second-order valence-electron chi connectivity index (χ2n) is 4.81. The lowest BCUT2D eigenvalue weighted by molar-refractivity contribution is -0.143. The standard InChI is InChI=1S/C11H20N2O4/c1-11(2,9(14)15)12-10(16)13-6-4-5-8(7-13)17-3/h8H,4-7H2,1-3H3,(H,12,16)(H,14,15). The minimum atomic E-state index is -1.25. The van der Waals surface area contributed by atoms with Crippen LogP contribution < -0.4 is 5.32 Å². The molecule has 0 aromatic heterocycles. The fraction of sp³-hybridized carbons (Fsp3) is 0.818. The number of piperidine rings is 1. The van der Waals surface area contributed by atoms with E-state index in [-0.39, 0.29) is 12.1 Å². The maximum atomic E-state index is 11.9. The zero-order valence-electron chi connectivity index (χ0n) is 10.5. The van der Waals surface area contributed by atoms with Gasteiger partial charge in [0.05, 0.1) is 6.10 Å². The third-order valence-corrected chi connectivity index (χ3v) is 2.95. The van der Waals surface area contributed by atoms with Gasteiger partial charge in [-0.3, -0.25) is 0 Å². The molecule has 98 valence electrons. The van der Waals surface area contributed by atoms with E-state index in [0.29, 0.717) is 13.1 Å². The molecule has 1 aliphatic heterocycles. The van der Waals surface area contributed by atoms with Crippen LogP contribution in [0.5, 0.6) is 0 Å². The second-order valence-corrected chi connectivity index (χ2v) is 4.81. The van der Waals surface area contributed by atoms with E-state index in [4.69, 9.17) is 9.84 Å². The fourth-order valence-corrected chi connectivity index (χ4v) is 1.71. The van der Waals surface area contributed by atoms with Crippen molar-refractivity contribution in [3.8, 4) is 0 Å². The van der Waals surface area contributed by atoms with Crippen molar-refractivity contribution in [2.45, 2.75) is 38.3 Å². The number of nitrogens with one attached hydrogen (secondary N) is 1. The zero-order valence-corrected chi connectivity index (χ0v) is 10.5. The van der Waals surface area contributed by atoms with Crippen LogP contribution in [0.4, 0.5) is 4.79 Å². The first-order valence-corrected chi connectivity index (χ1v) is 5.70. The molecule has 1 heterocycles. The number of nitrogens with zero attached hydrogens (tertiary/aromatic N) is 1.